The number of hydrogen-bond acceptors (Lipinski definition) is 0. The van der Waals surface area contributed by atoms with Crippen LogP contribution in [-0.4, -0.2) is 18.0 Å². The van der Waals surface area contributed by atoms with Crippen molar-refractivity contribution in [2.24, 2.45) is 0 Å². The molecular weight excluding hydrogens is 200 g/mol. The van der Waals surface area contributed by atoms with Gasteiger partial charge < -0.3 is 0 Å². The molecule has 0 aliphatic carbocycles. The maximum atomic E-state index is 11.5. The van der Waals surface area contributed by atoms with E-state index in [0.29, 0.717) is 0 Å². The number of alkyl halides is 7. The largest absolute Gasteiger partial charge is 0.460 e. The molecule has 0 aromatic carbocycles. The van der Waals surface area contributed by atoms with Gasteiger partial charge in [0.2, 0.25) is 0 Å². The van der Waals surface area contributed by atoms with Crippen LogP contribution in [0.5, 0.6) is 0 Å². The summed E-state index contributed by atoms with van der Waals surface area (Å²) in [6, 6.07) is 0. The normalized spacial score (nSPS) is 15.0. The standard InChI is InChI=1S/C4F8/c5-1-2(6,7)3(8,9)4(10,11)12. The van der Waals surface area contributed by atoms with E-state index in [9.17, 15) is 35.1 Å². The maximum absolute atomic E-state index is 11.5. The van der Waals surface area contributed by atoms with Crippen molar-refractivity contribution in [1.82, 2.24) is 0 Å². The zero-order valence-electron chi connectivity index (χ0n) is 5.02. The molecule has 2 radical (unpaired) electrons. The Morgan fingerprint density at radius 2 is 1.08 bits per heavy atom. The van der Waals surface area contributed by atoms with Crippen molar-refractivity contribution in [3.8, 4) is 0 Å². The summed E-state index contributed by atoms with van der Waals surface area (Å²) in [6.45, 7) is -0.915. The summed E-state index contributed by atoms with van der Waals surface area (Å²) in [5.74, 6) is -12.4. The van der Waals surface area contributed by atoms with Crippen molar-refractivity contribution in [1.29, 1.82) is 0 Å². The fraction of sp³-hybridized carbons (Fsp3) is 0.750. The number of rotatable bonds is 2. The molecule has 0 bridgehead atoms. The zero-order chi connectivity index (χ0) is 10.2. The minimum absolute atomic E-state index is 0.915. The monoisotopic (exact) mass is 200 g/mol. The minimum atomic E-state index is -6.50. The fourth-order valence-electron chi connectivity index (χ4n) is 0.237. The van der Waals surface area contributed by atoms with E-state index < -0.39 is 24.7 Å². The van der Waals surface area contributed by atoms with E-state index in [2.05, 4.69) is 0 Å². The Labute approximate surface area is 61.2 Å². The molecule has 12 heavy (non-hydrogen) atoms. The van der Waals surface area contributed by atoms with E-state index in [1.807, 2.05) is 0 Å². The molecule has 0 heterocycles. The Morgan fingerprint density at radius 3 is 1.17 bits per heavy atom. The topological polar surface area (TPSA) is 0 Å². The van der Waals surface area contributed by atoms with Crippen LogP contribution in [0.15, 0.2) is 0 Å². The molecule has 0 atom stereocenters. The molecule has 0 unspecified atom stereocenters. The molecule has 0 spiro atoms. The van der Waals surface area contributed by atoms with Crippen LogP contribution >= 0.6 is 0 Å². The Morgan fingerprint density at radius 1 is 0.750 bits per heavy atom. The molecule has 0 aliphatic rings. The first-order valence-electron chi connectivity index (χ1n) is 2.26. The molecule has 8 heteroatoms. The van der Waals surface area contributed by atoms with Crippen LogP contribution in [0.2, 0.25) is 0 Å². The van der Waals surface area contributed by atoms with Crippen molar-refractivity contribution < 1.29 is 35.1 Å². The van der Waals surface area contributed by atoms with Gasteiger partial charge in [-0.25, -0.2) is 4.39 Å². The van der Waals surface area contributed by atoms with Crippen LogP contribution in [0.3, 0.4) is 0 Å². The summed E-state index contributed by atoms with van der Waals surface area (Å²) in [5.41, 5.74) is 0. The molecule has 0 rings (SSSR count). The van der Waals surface area contributed by atoms with Gasteiger partial charge in [-0.2, -0.15) is 30.7 Å². The van der Waals surface area contributed by atoms with Gasteiger partial charge in [-0.1, -0.05) is 0 Å². The molecule has 0 fully saturated rings. The highest BCUT2D eigenvalue weighted by molar-refractivity contribution is 4.95. The summed E-state index contributed by atoms with van der Waals surface area (Å²) < 4.78 is 90.1. The Balaban J connectivity index is 4.85. The average Bonchev–Trinajstić information content (AvgIpc) is 1.85. The molecule has 0 N–H and O–H groups in total. The van der Waals surface area contributed by atoms with E-state index in [1.54, 1.807) is 0 Å². The lowest BCUT2D eigenvalue weighted by Gasteiger charge is -2.24. The first kappa shape index (κ1) is 11.4. The first-order chi connectivity index (χ1) is 5.06. The van der Waals surface area contributed by atoms with Crippen LogP contribution < -0.4 is 0 Å². The molecule has 0 saturated heterocycles. The fourth-order valence-corrected chi connectivity index (χ4v) is 0.237. The lowest BCUT2D eigenvalue weighted by atomic mass is 10.2. The van der Waals surface area contributed by atoms with Crippen LogP contribution in [0.25, 0.3) is 0 Å². The van der Waals surface area contributed by atoms with Gasteiger partial charge in [0, 0.05) is 0 Å². The van der Waals surface area contributed by atoms with Gasteiger partial charge in [0.05, 0.1) is 0 Å². The van der Waals surface area contributed by atoms with Crippen molar-refractivity contribution in [3.05, 3.63) is 6.67 Å². The highest BCUT2D eigenvalue weighted by atomic mass is 19.4. The van der Waals surface area contributed by atoms with Crippen molar-refractivity contribution >= 4 is 0 Å². The van der Waals surface area contributed by atoms with E-state index in [0.717, 1.165) is 0 Å². The van der Waals surface area contributed by atoms with Gasteiger partial charge in [0.1, 0.15) is 0 Å². The number of hydrogen-bond donors (Lipinski definition) is 0. The van der Waals surface area contributed by atoms with Crippen LogP contribution in [-0.2, 0) is 0 Å². The molecule has 72 valence electrons. The lowest BCUT2D eigenvalue weighted by molar-refractivity contribution is -0.349. The van der Waals surface area contributed by atoms with Gasteiger partial charge in [0.25, 0.3) is 6.67 Å². The molecular formula is C4F8. The van der Waals surface area contributed by atoms with Crippen LogP contribution in [0.4, 0.5) is 35.1 Å². The van der Waals surface area contributed by atoms with E-state index in [-0.39, 0.29) is 0 Å². The second-order valence-corrected chi connectivity index (χ2v) is 1.74. The van der Waals surface area contributed by atoms with Gasteiger partial charge in [0.15, 0.2) is 0 Å². The molecule has 0 aliphatic heterocycles. The second-order valence-electron chi connectivity index (χ2n) is 1.74. The third-order valence-electron chi connectivity index (χ3n) is 0.869. The Bertz CT molecular complexity index is 155. The summed E-state index contributed by atoms with van der Waals surface area (Å²) >= 11 is 0. The summed E-state index contributed by atoms with van der Waals surface area (Å²) in [6.07, 6.45) is -6.50. The highest BCUT2D eigenvalue weighted by Crippen LogP contribution is 2.47. The van der Waals surface area contributed by atoms with Crippen LogP contribution in [0, 0.1) is 6.67 Å². The SMILES string of the molecule is F[C]C(F)(F)C(F)(F)C(F)(F)F. The molecule has 0 nitrogen and oxygen atoms in total. The van der Waals surface area contributed by atoms with E-state index in [4.69, 9.17) is 0 Å². The Kier molecular flexibility index (Phi) is 2.61. The average molecular weight is 200 g/mol. The van der Waals surface area contributed by atoms with Crippen molar-refractivity contribution in [3.63, 3.8) is 0 Å². The van der Waals surface area contributed by atoms with Crippen molar-refractivity contribution in [2.45, 2.75) is 18.0 Å². The predicted molar refractivity (Wildman–Crippen MR) is 20.3 cm³/mol. The summed E-state index contributed by atoms with van der Waals surface area (Å²) in [5, 5.41) is 0. The van der Waals surface area contributed by atoms with Crippen molar-refractivity contribution in [2.75, 3.05) is 0 Å². The Hall–Kier alpha value is -0.560. The van der Waals surface area contributed by atoms with E-state index in [1.165, 1.54) is 0 Å². The smallest absolute Gasteiger partial charge is 0.229 e. The zero-order valence-corrected chi connectivity index (χ0v) is 5.02. The second kappa shape index (κ2) is 2.74. The quantitative estimate of drug-likeness (QED) is 0.601. The molecule has 0 saturated carbocycles. The van der Waals surface area contributed by atoms with Gasteiger partial charge in [-0.3, -0.25) is 0 Å². The van der Waals surface area contributed by atoms with E-state index >= 15 is 0 Å². The molecule has 0 aromatic rings. The third-order valence-corrected chi connectivity index (χ3v) is 0.869. The first-order valence-corrected chi connectivity index (χ1v) is 2.26. The number of halogens is 8. The third kappa shape index (κ3) is 1.61. The predicted octanol–water partition coefficient (Wildman–Crippen LogP) is 2.83. The van der Waals surface area contributed by atoms with Gasteiger partial charge in [-0.05, 0) is 0 Å². The maximum Gasteiger partial charge on any atom is 0.460 e. The lowest BCUT2D eigenvalue weighted by Crippen LogP contribution is -2.51. The highest BCUT2D eigenvalue weighted by Gasteiger charge is 2.73. The summed E-state index contributed by atoms with van der Waals surface area (Å²) in [4.78, 5) is 0. The van der Waals surface area contributed by atoms with Crippen LogP contribution in [0.1, 0.15) is 0 Å². The summed E-state index contributed by atoms with van der Waals surface area (Å²) in [7, 11) is 0. The van der Waals surface area contributed by atoms with Gasteiger partial charge in [-0.15, -0.1) is 0 Å². The molecule has 0 amide bonds. The minimum Gasteiger partial charge on any atom is -0.229 e. The molecule has 0 aromatic heterocycles. The van der Waals surface area contributed by atoms with Gasteiger partial charge >= 0.3 is 18.0 Å².